The zero-order valence-corrected chi connectivity index (χ0v) is 9.27. The number of halogens is 3. The first-order valence-corrected chi connectivity index (χ1v) is 5.16. The van der Waals surface area contributed by atoms with Crippen LogP contribution in [0.15, 0.2) is 12.1 Å². The fourth-order valence-corrected chi connectivity index (χ4v) is 1.32. The molecule has 94 valence electrons. The van der Waals surface area contributed by atoms with Gasteiger partial charge in [0.2, 0.25) is 5.91 Å². The van der Waals surface area contributed by atoms with Crippen LogP contribution in [-0.4, -0.2) is 11.9 Å². The molecule has 0 saturated carbocycles. The molecule has 0 aromatic heterocycles. The molecule has 17 heavy (non-hydrogen) atoms. The smallest absolute Gasteiger partial charge is 0.241 e. The Morgan fingerprint density at radius 3 is 2.35 bits per heavy atom. The van der Waals surface area contributed by atoms with Gasteiger partial charge in [-0.2, -0.15) is 0 Å². The van der Waals surface area contributed by atoms with Gasteiger partial charge in [-0.1, -0.05) is 13.3 Å². The van der Waals surface area contributed by atoms with Crippen LogP contribution in [0.3, 0.4) is 0 Å². The van der Waals surface area contributed by atoms with E-state index in [1.54, 1.807) is 0 Å². The Kier molecular flexibility index (Phi) is 4.51. The van der Waals surface area contributed by atoms with Crippen LogP contribution in [0.1, 0.15) is 19.8 Å². The van der Waals surface area contributed by atoms with Crippen molar-refractivity contribution >= 4 is 11.6 Å². The number of carbonyl (C=O) groups excluding carboxylic acids is 1. The zero-order chi connectivity index (χ0) is 13.0. The SMILES string of the molecule is CCCC(N)C(=O)Nc1c(F)cc(F)cc1F. The van der Waals surface area contributed by atoms with Gasteiger partial charge in [-0.25, -0.2) is 13.2 Å². The van der Waals surface area contributed by atoms with Gasteiger partial charge in [-0.3, -0.25) is 4.79 Å². The minimum atomic E-state index is -1.17. The quantitative estimate of drug-likeness (QED) is 0.855. The fourth-order valence-electron chi connectivity index (χ4n) is 1.32. The largest absolute Gasteiger partial charge is 0.320 e. The third-order valence-electron chi connectivity index (χ3n) is 2.19. The Bertz CT molecular complexity index is 400. The molecule has 3 N–H and O–H groups in total. The van der Waals surface area contributed by atoms with Crippen LogP contribution >= 0.6 is 0 Å². The van der Waals surface area contributed by atoms with Crippen molar-refractivity contribution in [1.82, 2.24) is 0 Å². The molecule has 0 aliphatic rings. The van der Waals surface area contributed by atoms with E-state index in [0.29, 0.717) is 25.0 Å². The van der Waals surface area contributed by atoms with Crippen LogP contribution in [0.2, 0.25) is 0 Å². The lowest BCUT2D eigenvalue weighted by molar-refractivity contribution is -0.117. The monoisotopic (exact) mass is 246 g/mol. The molecule has 6 heteroatoms. The second-order valence-electron chi connectivity index (χ2n) is 3.63. The third kappa shape index (κ3) is 3.45. The second kappa shape index (κ2) is 5.67. The van der Waals surface area contributed by atoms with Crippen molar-refractivity contribution in [3.8, 4) is 0 Å². The van der Waals surface area contributed by atoms with Gasteiger partial charge < -0.3 is 11.1 Å². The molecule has 0 spiro atoms. The lowest BCUT2D eigenvalue weighted by Gasteiger charge is -2.12. The van der Waals surface area contributed by atoms with Crippen molar-refractivity contribution in [3.63, 3.8) is 0 Å². The fraction of sp³-hybridized carbons (Fsp3) is 0.364. The molecular formula is C11H13F3N2O. The number of rotatable bonds is 4. The first kappa shape index (κ1) is 13.5. The molecule has 1 unspecified atom stereocenters. The maximum atomic E-state index is 13.2. The van der Waals surface area contributed by atoms with E-state index in [1.165, 1.54) is 0 Å². The number of hydrogen-bond acceptors (Lipinski definition) is 2. The molecule has 0 aliphatic heterocycles. The molecule has 1 atom stereocenters. The molecule has 0 bridgehead atoms. The van der Waals surface area contributed by atoms with E-state index >= 15 is 0 Å². The van der Waals surface area contributed by atoms with Gasteiger partial charge in [-0.15, -0.1) is 0 Å². The number of nitrogens with one attached hydrogen (secondary N) is 1. The van der Waals surface area contributed by atoms with Crippen molar-refractivity contribution in [1.29, 1.82) is 0 Å². The summed E-state index contributed by atoms with van der Waals surface area (Å²) in [5, 5.41) is 2.01. The molecule has 0 saturated heterocycles. The highest BCUT2D eigenvalue weighted by Gasteiger charge is 2.18. The molecule has 3 nitrogen and oxygen atoms in total. The maximum Gasteiger partial charge on any atom is 0.241 e. The summed E-state index contributed by atoms with van der Waals surface area (Å²) in [4.78, 5) is 11.4. The van der Waals surface area contributed by atoms with Gasteiger partial charge in [0.25, 0.3) is 0 Å². The summed E-state index contributed by atoms with van der Waals surface area (Å²) in [7, 11) is 0. The Morgan fingerprint density at radius 1 is 1.35 bits per heavy atom. The summed E-state index contributed by atoms with van der Waals surface area (Å²) >= 11 is 0. The normalized spacial score (nSPS) is 12.3. The molecule has 1 aromatic carbocycles. The van der Waals surface area contributed by atoms with Gasteiger partial charge in [0.05, 0.1) is 6.04 Å². The van der Waals surface area contributed by atoms with Crippen molar-refractivity contribution in [2.75, 3.05) is 5.32 Å². The molecule has 0 aliphatic carbocycles. The van der Waals surface area contributed by atoms with Gasteiger partial charge >= 0.3 is 0 Å². The van der Waals surface area contributed by atoms with Gasteiger partial charge in [-0.05, 0) is 6.42 Å². The molecule has 1 rings (SSSR count). The van der Waals surface area contributed by atoms with E-state index in [-0.39, 0.29) is 0 Å². The minimum absolute atomic E-state index is 0.399. The number of carbonyl (C=O) groups is 1. The Balaban J connectivity index is 2.85. The molecular weight excluding hydrogens is 233 g/mol. The Hall–Kier alpha value is -1.56. The molecule has 1 amide bonds. The van der Waals surface area contributed by atoms with E-state index < -0.39 is 35.1 Å². The van der Waals surface area contributed by atoms with Crippen molar-refractivity contribution in [2.45, 2.75) is 25.8 Å². The predicted octanol–water partition coefficient (Wildman–Crippen LogP) is 2.17. The highest BCUT2D eigenvalue weighted by Crippen LogP contribution is 2.20. The topological polar surface area (TPSA) is 55.1 Å². The summed E-state index contributed by atoms with van der Waals surface area (Å²) in [5.74, 6) is -4.08. The van der Waals surface area contributed by atoms with Crippen molar-refractivity contribution < 1.29 is 18.0 Å². The van der Waals surface area contributed by atoms with E-state index in [2.05, 4.69) is 0 Å². The number of anilines is 1. The molecule has 0 heterocycles. The van der Waals surface area contributed by atoms with E-state index in [4.69, 9.17) is 5.73 Å². The molecule has 1 aromatic rings. The lowest BCUT2D eigenvalue weighted by Crippen LogP contribution is -2.35. The number of hydrogen-bond donors (Lipinski definition) is 2. The van der Waals surface area contributed by atoms with Crippen LogP contribution in [-0.2, 0) is 4.79 Å². The predicted molar refractivity (Wildman–Crippen MR) is 57.8 cm³/mol. The van der Waals surface area contributed by atoms with Crippen molar-refractivity contribution in [3.05, 3.63) is 29.6 Å². The average molecular weight is 246 g/mol. The highest BCUT2D eigenvalue weighted by atomic mass is 19.1. The molecule has 0 fully saturated rings. The maximum absolute atomic E-state index is 13.2. The van der Waals surface area contributed by atoms with Crippen LogP contribution in [0.25, 0.3) is 0 Å². The summed E-state index contributed by atoms with van der Waals surface area (Å²) in [5.41, 5.74) is 4.80. The van der Waals surface area contributed by atoms with Crippen LogP contribution < -0.4 is 11.1 Å². The summed E-state index contributed by atoms with van der Waals surface area (Å²) in [6.07, 6.45) is 1.07. The standard InChI is InChI=1S/C11H13F3N2O/c1-2-3-9(15)11(17)16-10-7(13)4-6(12)5-8(10)14/h4-5,9H,2-3,15H2,1H3,(H,16,17). The zero-order valence-electron chi connectivity index (χ0n) is 9.27. The van der Waals surface area contributed by atoms with Crippen LogP contribution in [0.4, 0.5) is 18.9 Å². The van der Waals surface area contributed by atoms with E-state index in [1.807, 2.05) is 12.2 Å². The average Bonchev–Trinajstić information content (AvgIpc) is 2.23. The summed E-state index contributed by atoms with van der Waals surface area (Å²) < 4.78 is 39.0. The summed E-state index contributed by atoms with van der Waals surface area (Å²) in [6.45, 7) is 1.83. The first-order chi connectivity index (χ1) is 7.95. The number of benzene rings is 1. The van der Waals surface area contributed by atoms with Crippen LogP contribution in [0, 0.1) is 17.5 Å². The van der Waals surface area contributed by atoms with E-state index in [0.717, 1.165) is 0 Å². The minimum Gasteiger partial charge on any atom is -0.320 e. The Labute approximate surface area is 96.8 Å². The summed E-state index contributed by atoms with van der Waals surface area (Å²) in [6, 6.07) is 0.137. The van der Waals surface area contributed by atoms with Gasteiger partial charge in [0, 0.05) is 12.1 Å². The van der Waals surface area contributed by atoms with Gasteiger partial charge in [0.1, 0.15) is 11.5 Å². The third-order valence-corrected chi connectivity index (χ3v) is 2.19. The highest BCUT2D eigenvalue weighted by molar-refractivity contribution is 5.94. The molecule has 0 radical (unpaired) electrons. The van der Waals surface area contributed by atoms with Crippen LogP contribution in [0.5, 0.6) is 0 Å². The van der Waals surface area contributed by atoms with E-state index in [9.17, 15) is 18.0 Å². The first-order valence-electron chi connectivity index (χ1n) is 5.16. The number of amides is 1. The number of nitrogens with two attached hydrogens (primary N) is 1. The lowest BCUT2D eigenvalue weighted by atomic mass is 10.1. The van der Waals surface area contributed by atoms with Crippen molar-refractivity contribution in [2.24, 2.45) is 5.73 Å². The Morgan fingerprint density at radius 2 is 1.88 bits per heavy atom. The second-order valence-corrected chi connectivity index (χ2v) is 3.63. The van der Waals surface area contributed by atoms with Gasteiger partial charge in [0.15, 0.2) is 11.6 Å².